The van der Waals surface area contributed by atoms with Crippen molar-refractivity contribution in [2.24, 2.45) is 22.7 Å². The summed E-state index contributed by atoms with van der Waals surface area (Å²) in [6.45, 7) is 2.73. The molecule has 0 amide bonds. The predicted molar refractivity (Wildman–Crippen MR) is 78.6 cm³/mol. The highest BCUT2D eigenvalue weighted by Gasteiger charge is 2.29. The molecule has 0 aromatic carbocycles. The van der Waals surface area contributed by atoms with Crippen molar-refractivity contribution in [2.45, 2.75) is 64.7 Å². The van der Waals surface area contributed by atoms with Gasteiger partial charge in [-0.2, -0.15) is 0 Å². The Labute approximate surface area is 121 Å². The molecule has 0 spiro atoms. The molecule has 20 heavy (non-hydrogen) atoms. The van der Waals surface area contributed by atoms with Gasteiger partial charge in [-0.05, 0) is 32.1 Å². The number of carbonyl (C=O) groups is 1. The number of nitrogens with two attached hydrogens (primary N) is 1. The number of ether oxygens (including phenoxy) is 1. The largest absolute Gasteiger partial charge is 0.465 e. The van der Waals surface area contributed by atoms with Crippen LogP contribution in [0.15, 0.2) is 5.16 Å². The molecule has 0 heterocycles. The first kappa shape index (κ1) is 16.8. The van der Waals surface area contributed by atoms with Crippen molar-refractivity contribution in [1.29, 1.82) is 0 Å². The number of nitrogens with zero attached hydrogens (tertiary/aromatic N) is 1. The lowest BCUT2D eigenvalue weighted by Crippen LogP contribution is -2.31. The molecule has 116 valence electrons. The molecular formula is C15H28N2O3. The van der Waals surface area contributed by atoms with Crippen molar-refractivity contribution in [3.8, 4) is 0 Å². The zero-order valence-electron chi connectivity index (χ0n) is 12.5. The van der Waals surface area contributed by atoms with Crippen LogP contribution in [-0.2, 0) is 9.53 Å². The van der Waals surface area contributed by atoms with E-state index in [2.05, 4.69) is 12.1 Å². The molecule has 0 radical (unpaired) electrons. The highest BCUT2D eigenvalue weighted by Crippen LogP contribution is 2.29. The molecule has 3 N–H and O–H groups in total. The zero-order chi connectivity index (χ0) is 14.8. The summed E-state index contributed by atoms with van der Waals surface area (Å²) in [6, 6.07) is 0. The second kappa shape index (κ2) is 9.61. The third kappa shape index (κ3) is 5.80. The molecule has 0 atom stereocenters. The SMILES string of the molecule is CCCCCCCOC(=O)C1CCC(/C(N)=N/O)CC1. The maximum atomic E-state index is 11.9. The Balaban J connectivity index is 2.13. The van der Waals surface area contributed by atoms with Crippen molar-refractivity contribution >= 4 is 11.8 Å². The molecule has 1 fully saturated rings. The van der Waals surface area contributed by atoms with Crippen LogP contribution >= 0.6 is 0 Å². The van der Waals surface area contributed by atoms with E-state index in [1.165, 1.54) is 19.3 Å². The third-order valence-electron chi connectivity index (χ3n) is 4.09. The third-order valence-corrected chi connectivity index (χ3v) is 4.09. The van der Waals surface area contributed by atoms with Crippen molar-refractivity contribution < 1.29 is 14.7 Å². The first-order valence-electron chi connectivity index (χ1n) is 7.83. The molecule has 1 aliphatic carbocycles. The van der Waals surface area contributed by atoms with E-state index in [9.17, 15) is 4.79 Å². The minimum atomic E-state index is -0.0709. The van der Waals surface area contributed by atoms with Gasteiger partial charge in [0.15, 0.2) is 0 Å². The Morgan fingerprint density at radius 3 is 2.35 bits per heavy atom. The fourth-order valence-electron chi connectivity index (χ4n) is 2.70. The number of hydrogen-bond donors (Lipinski definition) is 2. The summed E-state index contributed by atoms with van der Waals surface area (Å²) in [5, 5.41) is 11.7. The summed E-state index contributed by atoms with van der Waals surface area (Å²) in [5.74, 6) is 0.317. The van der Waals surface area contributed by atoms with Gasteiger partial charge in [-0.1, -0.05) is 37.8 Å². The molecule has 0 aromatic rings. The fraction of sp³-hybridized carbons (Fsp3) is 0.867. The van der Waals surface area contributed by atoms with E-state index in [-0.39, 0.29) is 23.6 Å². The Bertz CT molecular complexity index is 310. The summed E-state index contributed by atoms with van der Waals surface area (Å²) in [5.41, 5.74) is 5.59. The Morgan fingerprint density at radius 2 is 1.75 bits per heavy atom. The molecule has 5 nitrogen and oxygen atoms in total. The standard InChI is InChI=1S/C15H28N2O3/c1-2-3-4-5-6-11-20-15(18)13-9-7-12(8-10-13)14(16)17-19/h12-13,19H,2-11H2,1H3,(H2,16,17). The minimum Gasteiger partial charge on any atom is -0.465 e. The van der Waals surface area contributed by atoms with E-state index in [0.717, 1.165) is 38.5 Å². The van der Waals surface area contributed by atoms with Gasteiger partial charge in [-0.15, -0.1) is 0 Å². The van der Waals surface area contributed by atoms with E-state index in [0.29, 0.717) is 6.61 Å². The topological polar surface area (TPSA) is 84.9 Å². The average Bonchev–Trinajstić information content (AvgIpc) is 2.50. The average molecular weight is 284 g/mol. The summed E-state index contributed by atoms with van der Waals surface area (Å²) in [4.78, 5) is 11.9. The number of amidine groups is 1. The maximum Gasteiger partial charge on any atom is 0.308 e. The quantitative estimate of drug-likeness (QED) is 0.179. The Kier molecular flexibility index (Phi) is 8.07. The molecule has 1 aliphatic rings. The van der Waals surface area contributed by atoms with Crippen LogP contribution in [0, 0.1) is 11.8 Å². The zero-order valence-corrected chi connectivity index (χ0v) is 12.5. The van der Waals surface area contributed by atoms with Crippen molar-refractivity contribution in [1.82, 2.24) is 0 Å². The van der Waals surface area contributed by atoms with E-state index in [1.807, 2.05) is 0 Å². The van der Waals surface area contributed by atoms with Crippen LogP contribution in [0.25, 0.3) is 0 Å². The van der Waals surface area contributed by atoms with Crippen molar-refractivity contribution in [3.05, 3.63) is 0 Å². The fourth-order valence-corrected chi connectivity index (χ4v) is 2.70. The van der Waals surface area contributed by atoms with Crippen LogP contribution in [0.5, 0.6) is 0 Å². The molecule has 5 heteroatoms. The highest BCUT2D eigenvalue weighted by molar-refractivity contribution is 5.82. The number of oxime groups is 1. The molecule has 0 saturated heterocycles. The summed E-state index contributed by atoms with van der Waals surface area (Å²) < 4.78 is 5.33. The van der Waals surface area contributed by atoms with Crippen LogP contribution in [0.1, 0.15) is 64.7 Å². The molecule has 0 unspecified atom stereocenters. The molecular weight excluding hydrogens is 256 g/mol. The van der Waals surface area contributed by atoms with Crippen molar-refractivity contribution in [3.63, 3.8) is 0 Å². The molecule has 0 bridgehead atoms. The van der Waals surface area contributed by atoms with Crippen LogP contribution in [-0.4, -0.2) is 23.6 Å². The van der Waals surface area contributed by atoms with Gasteiger partial charge < -0.3 is 15.7 Å². The lowest BCUT2D eigenvalue weighted by molar-refractivity contribution is -0.149. The number of hydrogen-bond acceptors (Lipinski definition) is 4. The monoisotopic (exact) mass is 284 g/mol. The van der Waals surface area contributed by atoms with Crippen LogP contribution < -0.4 is 5.73 Å². The molecule has 1 rings (SSSR count). The first-order chi connectivity index (χ1) is 9.69. The number of rotatable bonds is 8. The van der Waals surface area contributed by atoms with E-state index >= 15 is 0 Å². The second-order valence-electron chi connectivity index (χ2n) is 5.66. The lowest BCUT2D eigenvalue weighted by Gasteiger charge is -2.26. The van der Waals surface area contributed by atoms with Gasteiger partial charge >= 0.3 is 5.97 Å². The number of esters is 1. The van der Waals surface area contributed by atoms with Crippen LogP contribution in [0.2, 0.25) is 0 Å². The van der Waals surface area contributed by atoms with Gasteiger partial charge in [0.1, 0.15) is 5.84 Å². The molecule has 1 saturated carbocycles. The van der Waals surface area contributed by atoms with Gasteiger partial charge in [0.25, 0.3) is 0 Å². The van der Waals surface area contributed by atoms with Gasteiger partial charge in [-0.25, -0.2) is 0 Å². The van der Waals surface area contributed by atoms with Gasteiger partial charge in [0.2, 0.25) is 0 Å². The smallest absolute Gasteiger partial charge is 0.308 e. The first-order valence-corrected chi connectivity index (χ1v) is 7.83. The summed E-state index contributed by atoms with van der Waals surface area (Å²) in [7, 11) is 0. The Morgan fingerprint density at radius 1 is 1.15 bits per heavy atom. The molecule has 0 aromatic heterocycles. The maximum absolute atomic E-state index is 11.9. The number of unbranched alkanes of at least 4 members (excludes halogenated alkanes) is 4. The van der Waals surface area contributed by atoms with E-state index < -0.39 is 0 Å². The number of carbonyl (C=O) groups excluding carboxylic acids is 1. The van der Waals surface area contributed by atoms with Crippen molar-refractivity contribution in [2.75, 3.05) is 6.61 Å². The normalized spacial score (nSPS) is 23.6. The minimum absolute atomic E-state index is 0.00613. The highest BCUT2D eigenvalue weighted by atomic mass is 16.5. The van der Waals surface area contributed by atoms with Gasteiger partial charge in [0, 0.05) is 5.92 Å². The summed E-state index contributed by atoms with van der Waals surface area (Å²) >= 11 is 0. The van der Waals surface area contributed by atoms with E-state index in [1.54, 1.807) is 0 Å². The van der Waals surface area contributed by atoms with Crippen LogP contribution in [0.3, 0.4) is 0 Å². The lowest BCUT2D eigenvalue weighted by atomic mass is 9.81. The predicted octanol–water partition coefficient (Wildman–Crippen LogP) is 3.05. The van der Waals surface area contributed by atoms with Gasteiger partial charge in [0.05, 0.1) is 12.5 Å². The molecule has 0 aliphatic heterocycles. The van der Waals surface area contributed by atoms with Crippen LogP contribution in [0.4, 0.5) is 0 Å². The van der Waals surface area contributed by atoms with E-state index in [4.69, 9.17) is 15.7 Å². The second-order valence-corrected chi connectivity index (χ2v) is 5.66. The van der Waals surface area contributed by atoms with Gasteiger partial charge in [-0.3, -0.25) is 4.79 Å². The summed E-state index contributed by atoms with van der Waals surface area (Å²) in [6.07, 6.45) is 8.94. The Hall–Kier alpha value is -1.26.